The predicted molar refractivity (Wildman–Crippen MR) is 119 cm³/mol. The zero-order valence-electron chi connectivity index (χ0n) is 18.3. The van der Waals surface area contributed by atoms with Crippen molar-refractivity contribution in [2.75, 3.05) is 27.3 Å². The topological polar surface area (TPSA) is 84.9 Å². The molecule has 0 saturated carbocycles. The molecule has 1 N–H and O–H groups in total. The van der Waals surface area contributed by atoms with E-state index in [4.69, 9.17) is 9.47 Å². The van der Waals surface area contributed by atoms with Crippen molar-refractivity contribution in [1.82, 2.24) is 9.62 Å². The number of ether oxygens (including phenoxy) is 2. The molecule has 1 aliphatic rings. The smallest absolute Gasteiger partial charge is 0.240 e. The molecule has 168 valence electrons. The minimum absolute atomic E-state index is 0.0173. The molecule has 1 heterocycles. The van der Waals surface area contributed by atoms with Crippen molar-refractivity contribution in [2.24, 2.45) is 0 Å². The van der Waals surface area contributed by atoms with Gasteiger partial charge < -0.3 is 14.4 Å². The highest BCUT2D eigenvalue weighted by molar-refractivity contribution is 7.89. The van der Waals surface area contributed by atoms with E-state index in [-0.39, 0.29) is 23.3 Å². The second-order valence-corrected chi connectivity index (χ2v) is 9.35. The van der Waals surface area contributed by atoms with Gasteiger partial charge in [-0.1, -0.05) is 25.1 Å². The fourth-order valence-corrected chi connectivity index (χ4v) is 5.02. The van der Waals surface area contributed by atoms with Gasteiger partial charge in [0.2, 0.25) is 15.9 Å². The number of carbonyl (C=O) groups excluding carboxylic acids is 1. The van der Waals surface area contributed by atoms with Gasteiger partial charge in [0.1, 0.15) is 0 Å². The van der Waals surface area contributed by atoms with Crippen LogP contribution < -0.4 is 14.2 Å². The Morgan fingerprint density at radius 1 is 1.00 bits per heavy atom. The Morgan fingerprint density at radius 3 is 2.19 bits per heavy atom. The monoisotopic (exact) mass is 446 g/mol. The summed E-state index contributed by atoms with van der Waals surface area (Å²) in [6, 6.07) is 12.2. The minimum Gasteiger partial charge on any atom is -0.493 e. The molecule has 2 aromatic rings. The van der Waals surface area contributed by atoms with Gasteiger partial charge in [0.15, 0.2) is 11.5 Å². The van der Waals surface area contributed by atoms with Crippen molar-refractivity contribution in [3.8, 4) is 11.5 Å². The molecule has 7 nitrogen and oxygen atoms in total. The number of piperidine rings is 1. The number of benzene rings is 2. The Labute approximate surface area is 184 Å². The third-order valence-electron chi connectivity index (χ3n) is 5.61. The fourth-order valence-electron chi connectivity index (χ4n) is 3.72. The number of amides is 1. The zero-order chi connectivity index (χ0) is 22.4. The van der Waals surface area contributed by atoms with Crippen LogP contribution in [0.15, 0.2) is 47.4 Å². The van der Waals surface area contributed by atoms with Crippen LogP contribution >= 0.6 is 0 Å². The number of aryl methyl sites for hydroxylation is 1. The zero-order valence-corrected chi connectivity index (χ0v) is 19.1. The molecule has 31 heavy (non-hydrogen) atoms. The molecule has 1 amide bonds. The maximum Gasteiger partial charge on any atom is 0.240 e. The van der Waals surface area contributed by atoms with Gasteiger partial charge in [0.25, 0.3) is 0 Å². The first-order valence-corrected chi connectivity index (χ1v) is 11.9. The van der Waals surface area contributed by atoms with Crippen molar-refractivity contribution in [3.05, 3.63) is 53.6 Å². The molecule has 1 aliphatic heterocycles. The summed E-state index contributed by atoms with van der Waals surface area (Å²) in [4.78, 5) is 14.8. The molecule has 0 atom stereocenters. The first-order chi connectivity index (χ1) is 14.9. The molecule has 0 aromatic heterocycles. The normalized spacial score (nSPS) is 15.0. The van der Waals surface area contributed by atoms with E-state index in [0.717, 1.165) is 17.5 Å². The minimum atomic E-state index is -3.56. The van der Waals surface area contributed by atoms with Gasteiger partial charge >= 0.3 is 0 Å². The summed E-state index contributed by atoms with van der Waals surface area (Å²) in [5, 5.41) is 0. The average Bonchev–Trinajstić information content (AvgIpc) is 2.79. The predicted octanol–water partition coefficient (Wildman–Crippen LogP) is 2.78. The average molecular weight is 447 g/mol. The molecule has 1 fully saturated rings. The van der Waals surface area contributed by atoms with E-state index >= 15 is 0 Å². The molecule has 0 radical (unpaired) electrons. The van der Waals surface area contributed by atoms with E-state index in [0.29, 0.717) is 37.4 Å². The van der Waals surface area contributed by atoms with Crippen LogP contribution in [-0.2, 0) is 27.7 Å². The summed E-state index contributed by atoms with van der Waals surface area (Å²) in [5.41, 5.74) is 1.95. The van der Waals surface area contributed by atoms with Crippen molar-refractivity contribution >= 4 is 15.9 Å². The lowest BCUT2D eigenvalue weighted by atomic mass is 10.0. The van der Waals surface area contributed by atoms with Gasteiger partial charge in [-0.05, 0) is 54.7 Å². The standard InChI is InChI=1S/C23H30N2O5S/c1-4-17-5-8-20(9-6-17)31(27,28)24-19-11-13-25(14-12-19)23(26)16-18-7-10-21(29-2)22(15-18)30-3/h5-10,15,19,24H,4,11-14,16H2,1-3H3. The van der Waals surface area contributed by atoms with Gasteiger partial charge in [-0.15, -0.1) is 0 Å². The first-order valence-electron chi connectivity index (χ1n) is 10.5. The number of hydrogen-bond acceptors (Lipinski definition) is 5. The Bertz CT molecular complexity index is 997. The van der Waals surface area contributed by atoms with E-state index in [9.17, 15) is 13.2 Å². The van der Waals surface area contributed by atoms with Crippen LogP contribution in [0.2, 0.25) is 0 Å². The van der Waals surface area contributed by atoms with Crippen LogP contribution in [0.1, 0.15) is 30.9 Å². The maximum atomic E-state index is 12.7. The number of methoxy groups -OCH3 is 2. The summed E-state index contributed by atoms with van der Waals surface area (Å²) >= 11 is 0. The third-order valence-corrected chi connectivity index (χ3v) is 7.15. The van der Waals surface area contributed by atoms with Gasteiger partial charge in [-0.3, -0.25) is 4.79 Å². The number of nitrogens with one attached hydrogen (secondary N) is 1. The van der Waals surface area contributed by atoms with Crippen LogP contribution in [0.25, 0.3) is 0 Å². The van der Waals surface area contributed by atoms with Crippen LogP contribution in [0.5, 0.6) is 11.5 Å². The van der Waals surface area contributed by atoms with E-state index in [1.165, 1.54) is 0 Å². The van der Waals surface area contributed by atoms with E-state index in [1.807, 2.05) is 25.1 Å². The van der Waals surface area contributed by atoms with E-state index in [2.05, 4.69) is 4.72 Å². The molecular formula is C23H30N2O5S. The largest absolute Gasteiger partial charge is 0.493 e. The number of carbonyl (C=O) groups is 1. The molecule has 3 rings (SSSR count). The van der Waals surface area contributed by atoms with Crippen LogP contribution in [-0.4, -0.2) is 52.6 Å². The number of nitrogens with zero attached hydrogens (tertiary/aromatic N) is 1. The van der Waals surface area contributed by atoms with Gasteiger partial charge in [-0.25, -0.2) is 13.1 Å². The number of sulfonamides is 1. The lowest BCUT2D eigenvalue weighted by molar-refractivity contribution is -0.131. The first kappa shape index (κ1) is 23.1. The van der Waals surface area contributed by atoms with Crippen LogP contribution in [0.4, 0.5) is 0 Å². The fraction of sp³-hybridized carbons (Fsp3) is 0.435. The summed E-state index contributed by atoms with van der Waals surface area (Å²) < 4.78 is 38.6. The molecule has 0 spiro atoms. The quantitative estimate of drug-likeness (QED) is 0.674. The van der Waals surface area contributed by atoms with Crippen molar-refractivity contribution in [2.45, 2.75) is 43.5 Å². The molecule has 0 aliphatic carbocycles. The van der Waals surface area contributed by atoms with Crippen molar-refractivity contribution in [1.29, 1.82) is 0 Å². The van der Waals surface area contributed by atoms with Crippen LogP contribution in [0, 0.1) is 0 Å². The summed E-state index contributed by atoms with van der Waals surface area (Å²) in [5.74, 6) is 1.23. The number of likely N-dealkylation sites (tertiary alicyclic amines) is 1. The lowest BCUT2D eigenvalue weighted by Crippen LogP contribution is -2.46. The van der Waals surface area contributed by atoms with Gasteiger partial charge in [-0.2, -0.15) is 0 Å². The Balaban J connectivity index is 1.54. The van der Waals surface area contributed by atoms with Crippen LogP contribution in [0.3, 0.4) is 0 Å². The molecule has 0 bridgehead atoms. The maximum absolute atomic E-state index is 12.7. The summed E-state index contributed by atoms with van der Waals surface area (Å²) in [7, 11) is -0.431. The summed E-state index contributed by atoms with van der Waals surface area (Å²) in [6.07, 6.45) is 2.30. The van der Waals surface area contributed by atoms with Gasteiger partial charge in [0, 0.05) is 19.1 Å². The highest BCUT2D eigenvalue weighted by Crippen LogP contribution is 2.28. The number of hydrogen-bond donors (Lipinski definition) is 1. The second kappa shape index (κ2) is 10.2. The van der Waals surface area contributed by atoms with Gasteiger partial charge in [0.05, 0.1) is 25.5 Å². The number of rotatable bonds is 8. The molecule has 1 saturated heterocycles. The summed E-state index contributed by atoms with van der Waals surface area (Å²) in [6.45, 7) is 3.07. The second-order valence-electron chi connectivity index (χ2n) is 7.64. The van der Waals surface area contributed by atoms with Crippen molar-refractivity contribution < 1.29 is 22.7 Å². The van der Waals surface area contributed by atoms with E-state index in [1.54, 1.807) is 43.4 Å². The van der Waals surface area contributed by atoms with Crippen molar-refractivity contribution in [3.63, 3.8) is 0 Å². The SMILES string of the molecule is CCc1ccc(S(=O)(=O)NC2CCN(C(=O)Cc3ccc(OC)c(OC)c3)CC2)cc1. The highest BCUT2D eigenvalue weighted by atomic mass is 32.2. The molecule has 2 aromatic carbocycles. The Hall–Kier alpha value is -2.58. The molecule has 8 heteroatoms. The Morgan fingerprint density at radius 2 is 1.61 bits per heavy atom. The molecule has 0 unspecified atom stereocenters. The highest BCUT2D eigenvalue weighted by Gasteiger charge is 2.26. The molecular weight excluding hydrogens is 416 g/mol. The third kappa shape index (κ3) is 5.77. The lowest BCUT2D eigenvalue weighted by Gasteiger charge is -2.32. The Kier molecular flexibility index (Phi) is 7.56. The van der Waals surface area contributed by atoms with E-state index < -0.39 is 10.0 Å².